The Morgan fingerprint density at radius 2 is 1.96 bits per heavy atom. The third kappa shape index (κ3) is 3.20. The van der Waals surface area contributed by atoms with E-state index in [-0.39, 0.29) is 35.5 Å². The Morgan fingerprint density at radius 1 is 1.20 bits per heavy atom. The number of rotatable bonds is 5. The van der Waals surface area contributed by atoms with E-state index >= 15 is 0 Å². The average Bonchev–Trinajstić information content (AvgIpc) is 2.85. The number of pyridine rings is 1. The highest BCUT2D eigenvalue weighted by Crippen LogP contribution is 2.22. The Labute approximate surface area is 141 Å². The second kappa shape index (κ2) is 6.48. The number of nitrogens with one attached hydrogen (secondary N) is 1. The van der Waals surface area contributed by atoms with Crippen molar-refractivity contribution < 1.29 is 19.3 Å². The summed E-state index contributed by atoms with van der Waals surface area (Å²) < 4.78 is 0. The summed E-state index contributed by atoms with van der Waals surface area (Å²) >= 11 is 0. The zero-order chi connectivity index (χ0) is 18.0. The van der Waals surface area contributed by atoms with Gasteiger partial charge in [-0.2, -0.15) is 0 Å². The van der Waals surface area contributed by atoms with Crippen LogP contribution in [-0.2, 0) is 4.79 Å². The molecule has 1 aliphatic heterocycles. The first-order chi connectivity index (χ1) is 12.0. The van der Waals surface area contributed by atoms with Gasteiger partial charge in [0.2, 0.25) is 5.91 Å². The van der Waals surface area contributed by atoms with Crippen molar-refractivity contribution in [3.05, 3.63) is 64.0 Å². The van der Waals surface area contributed by atoms with Gasteiger partial charge in [0.05, 0.1) is 16.1 Å². The standard InChI is InChI=1S/C16H12N4O5/c21-14(18-10-2-1-3-11(8-10)20(24)25)5-7-19-15(22)12-4-6-17-9-13(12)16(19)23/h1-4,6,8-9H,5,7H2,(H,18,21). The van der Waals surface area contributed by atoms with Gasteiger partial charge in [0.25, 0.3) is 17.5 Å². The van der Waals surface area contributed by atoms with E-state index in [1.54, 1.807) is 0 Å². The first-order valence-electron chi connectivity index (χ1n) is 7.32. The number of carbonyl (C=O) groups excluding carboxylic acids is 3. The molecule has 0 fully saturated rings. The number of non-ortho nitro benzene ring substituents is 1. The van der Waals surface area contributed by atoms with Crippen LogP contribution in [0.4, 0.5) is 11.4 Å². The van der Waals surface area contributed by atoms with Crippen LogP contribution in [0, 0.1) is 10.1 Å². The number of nitro benzene ring substituents is 1. The summed E-state index contributed by atoms with van der Waals surface area (Å²) in [6.07, 6.45) is 2.61. The maximum atomic E-state index is 12.2. The number of hydrogen-bond donors (Lipinski definition) is 1. The summed E-state index contributed by atoms with van der Waals surface area (Å²) in [7, 11) is 0. The van der Waals surface area contributed by atoms with E-state index in [9.17, 15) is 24.5 Å². The summed E-state index contributed by atoms with van der Waals surface area (Å²) in [5.41, 5.74) is 0.599. The molecule has 25 heavy (non-hydrogen) atoms. The number of benzene rings is 1. The zero-order valence-corrected chi connectivity index (χ0v) is 12.8. The predicted molar refractivity (Wildman–Crippen MR) is 85.9 cm³/mol. The third-order valence-corrected chi connectivity index (χ3v) is 3.68. The molecule has 0 unspecified atom stereocenters. The largest absolute Gasteiger partial charge is 0.326 e. The van der Waals surface area contributed by atoms with Crippen molar-refractivity contribution in [2.45, 2.75) is 6.42 Å². The quantitative estimate of drug-likeness (QED) is 0.501. The molecule has 126 valence electrons. The van der Waals surface area contributed by atoms with E-state index < -0.39 is 22.6 Å². The summed E-state index contributed by atoms with van der Waals surface area (Å²) in [6, 6.07) is 6.95. The molecule has 1 N–H and O–H groups in total. The van der Waals surface area contributed by atoms with Gasteiger partial charge in [-0.3, -0.25) is 34.4 Å². The molecule has 3 amide bonds. The van der Waals surface area contributed by atoms with Crippen LogP contribution in [0.1, 0.15) is 27.1 Å². The molecule has 1 aromatic carbocycles. The van der Waals surface area contributed by atoms with Crippen LogP contribution in [0.3, 0.4) is 0 Å². The molecule has 0 atom stereocenters. The van der Waals surface area contributed by atoms with E-state index in [0.29, 0.717) is 0 Å². The number of anilines is 1. The highest BCUT2D eigenvalue weighted by molar-refractivity contribution is 6.21. The lowest BCUT2D eigenvalue weighted by molar-refractivity contribution is -0.384. The Bertz CT molecular complexity index is 861. The molecular formula is C16H12N4O5. The number of fused-ring (bicyclic) bond motifs is 1. The predicted octanol–water partition coefficient (Wildman–Crippen LogP) is 1.61. The Morgan fingerprint density at radius 3 is 2.68 bits per heavy atom. The Hall–Kier alpha value is -3.62. The minimum atomic E-state index is -0.567. The van der Waals surface area contributed by atoms with Crippen LogP contribution in [-0.4, -0.2) is 39.1 Å². The van der Waals surface area contributed by atoms with Crippen molar-refractivity contribution in [1.82, 2.24) is 9.88 Å². The lowest BCUT2D eigenvalue weighted by Crippen LogP contribution is -2.32. The van der Waals surface area contributed by atoms with Crippen molar-refractivity contribution in [3.63, 3.8) is 0 Å². The molecule has 0 bridgehead atoms. The van der Waals surface area contributed by atoms with Crippen molar-refractivity contribution >= 4 is 29.1 Å². The molecule has 9 heteroatoms. The smallest absolute Gasteiger partial charge is 0.271 e. The van der Waals surface area contributed by atoms with E-state index in [2.05, 4.69) is 10.3 Å². The van der Waals surface area contributed by atoms with Crippen LogP contribution in [0.15, 0.2) is 42.7 Å². The first kappa shape index (κ1) is 16.2. The summed E-state index contributed by atoms with van der Waals surface area (Å²) in [4.78, 5) is 51.3. The SMILES string of the molecule is O=C(CCN1C(=O)c2ccncc2C1=O)Nc1cccc([N+](=O)[O-])c1. The van der Waals surface area contributed by atoms with Crippen molar-refractivity contribution in [1.29, 1.82) is 0 Å². The number of amides is 3. The van der Waals surface area contributed by atoms with Crippen LogP contribution >= 0.6 is 0 Å². The molecule has 1 aromatic heterocycles. The highest BCUT2D eigenvalue weighted by Gasteiger charge is 2.35. The topological polar surface area (TPSA) is 123 Å². The maximum absolute atomic E-state index is 12.2. The van der Waals surface area contributed by atoms with Crippen molar-refractivity contribution in [2.24, 2.45) is 0 Å². The van der Waals surface area contributed by atoms with Gasteiger partial charge in [0, 0.05) is 43.2 Å². The minimum Gasteiger partial charge on any atom is -0.326 e. The van der Waals surface area contributed by atoms with Crippen molar-refractivity contribution in [3.8, 4) is 0 Å². The molecule has 0 aliphatic carbocycles. The van der Waals surface area contributed by atoms with Crippen LogP contribution in [0.25, 0.3) is 0 Å². The van der Waals surface area contributed by atoms with Gasteiger partial charge in [-0.05, 0) is 12.1 Å². The second-order valence-electron chi connectivity index (χ2n) is 5.29. The fourth-order valence-electron chi connectivity index (χ4n) is 2.47. The molecule has 1 aliphatic rings. The minimum absolute atomic E-state index is 0.0902. The van der Waals surface area contributed by atoms with Gasteiger partial charge in [-0.15, -0.1) is 0 Å². The molecule has 3 rings (SSSR count). The van der Waals surface area contributed by atoms with E-state index in [1.165, 1.54) is 42.7 Å². The maximum Gasteiger partial charge on any atom is 0.271 e. The molecule has 2 heterocycles. The Balaban J connectivity index is 1.62. The van der Waals surface area contributed by atoms with Gasteiger partial charge in [0.1, 0.15) is 0 Å². The van der Waals surface area contributed by atoms with E-state index in [4.69, 9.17) is 0 Å². The third-order valence-electron chi connectivity index (χ3n) is 3.68. The molecule has 0 saturated carbocycles. The monoisotopic (exact) mass is 340 g/mol. The normalized spacial score (nSPS) is 12.9. The number of hydrogen-bond acceptors (Lipinski definition) is 6. The molecule has 0 spiro atoms. The molecule has 2 aromatic rings. The summed E-state index contributed by atoms with van der Waals surface area (Å²) in [5, 5.41) is 13.2. The van der Waals surface area contributed by atoms with Gasteiger partial charge in [-0.1, -0.05) is 6.07 Å². The van der Waals surface area contributed by atoms with E-state index in [1.807, 2.05) is 0 Å². The first-order valence-corrected chi connectivity index (χ1v) is 7.32. The van der Waals surface area contributed by atoms with Crippen LogP contribution in [0.5, 0.6) is 0 Å². The summed E-state index contributed by atoms with van der Waals surface area (Å²) in [6.45, 7) is -0.0902. The van der Waals surface area contributed by atoms with Crippen molar-refractivity contribution in [2.75, 3.05) is 11.9 Å². The lowest BCUT2D eigenvalue weighted by Gasteiger charge is -2.13. The number of carbonyl (C=O) groups is 3. The number of nitro groups is 1. The Kier molecular flexibility index (Phi) is 4.21. The van der Waals surface area contributed by atoms with E-state index in [0.717, 1.165) is 4.90 Å². The molecular weight excluding hydrogens is 328 g/mol. The van der Waals surface area contributed by atoms with Crippen LogP contribution in [0.2, 0.25) is 0 Å². The lowest BCUT2D eigenvalue weighted by atomic mass is 10.2. The average molecular weight is 340 g/mol. The summed E-state index contributed by atoms with van der Waals surface area (Å²) in [5.74, 6) is -1.42. The molecule has 9 nitrogen and oxygen atoms in total. The highest BCUT2D eigenvalue weighted by atomic mass is 16.6. The van der Waals surface area contributed by atoms with Gasteiger partial charge in [-0.25, -0.2) is 0 Å². The van der Waals surface area contributed by atoms with Gasteiger partial charge < -0.3 is 5.32 Å². The number of aromatic nitrogens is 1. The molecule has 0 radical (unpaired) electrons. The second-order valence-corrected chi connectivity index (χ2v) is 5.29. The van der Waals surface area contributed by atoms with Gasteiger partial charge >= 0.3 is 0 Å². The molecule has 0 saturated heterocycles. The fourth-order valence-corrected chi connectivity index (χ4v) is 2.47. The van der Waals surface area contributed by atoms with Gasteiger partial charge in [0.15, 0.2) is 0 Å². The van der Waals surface area contributed by atoms with Crippen LogP contribution < -0.4 is 5.32 Å². The fraction of sp³-hybridized carbons (Fsp3) is 0.125. The number of nitrogens with zero attached hydrogens (tertiary/aromatic N) is 3. The zero-order valence-electron chi connectivity index (χ0n) is 12.8. The number of imide groups is 1.